The highest BCUT2D eigenvalue weighted by molar-refractivity contribution is 7.89. The molecule has 1 aromatic carbocycles. The fourth-order valence-electron chi connectivity index (χ4n) is 2.18. The topological polar surface area (TPSA) is 95.0 Å². The summed E-state index contributed by atoms with van der Waals surface area (Å²) in [5.41, 5.74) is 0.771. The van der Waals surface area contributed by atoms with Gasteiger partial charge in [0.2, 0.25) is 10.0 Å². The van der Waals surface area contributed by atoms with Crippen molar-refractivity contribution < 1.29 is 23.1 Å². The second-order valence-corrected chi connectivity index (χ2v) is 7.06. The smallest absolute Gasteiger partial charge is 0.323 e. The van der Waals surface area contributed by atoms with Crippen LogP contribution in [0.15, 0.2) is 23.1 Å². The Morgan fingerprint density at radius 1 is 1.17 bits per heavy atom. The molecule has 0 atom stereocenters. The molecule has 1 aromatic rings. The van der Waals surface area contributed by atoms with Crippen LogP contribution in [0.2, 0.25) is 0 Å². The van der Waals surface area contributed by atoms with E-state index in [1.807, 2.05) is 0 Å². The van der Waals surface area contributed by atoms with E-state index in [1.165, 1.54) is 23.5 Å². The third-order valence-electron chi connectivity index (χ3n) is 3.50. The Bertz CT molecular complexity index is 696. The predicted molar refractivity (Wildman–Crippen MR) is 85.9 cm³/mol. The number of sulfonamides is 1. The lowest BCUT2D eigenvalue weighted by molar-refractivity contribution is -0.137. The number of likely N-dealkylation sites (N-methyl/N-ethyl adjacent to an activating group) is 1. The SMILES string of the molecule is CCN(CC)S(=O)(=O)c1ccc(C)c(C(=O)N(C)CC(=O)O)c1. The van der Waals surface area contributed by atoms with Crippen molar-refractivity contribution >= 4 is 21.9 Å². The summed E-state index contributed by atoms with van der Waals surface area (Å²) in [6, 6.07) is 4.32. The van der Waals surface area contributed by atoms with Crippen LogP contribution in [-0.2, 0) is 14.8 Å². The number of carbonyl (C=O) groups excluding carboxylic acids is 1. The summed E-state index contributed by atoms with van der Waals surface area (Å²) < 4.78 is 26.4. The van der Waals surface area contributed by atoms with E-state index < -0.39 is 28.4 Å². The van der Waals surface area contributed by atoms with E-state index in [-0.39, 0.29) is 10.5 Å². The first kappa shape index (κ1) is 19.1. The van der Waals surface area contributed by atoms with Gasteiger partial charge < -0.3 is 10.0 Å². The molecule has 0 fully saturated rings. The minimum Gasteiger partial charge on any atom is -0.480 e. The summed E-state index contributed by atoms with van der Waals surface area (Å²) in [4.78, 5) is 24.1. The van der Waals surface area contributed by atoms with Crippen LogP contribution in [0.3, 0.4) is 0 Å². The molecule has 7 nitrogen and oxygen atoms in total. The lowest BCUT2D eigenvalue weighted by Gasteiger charge is -2.20. The molecule has 0 aliphatic carbocycles. The molecule has 0 bridgehead atoms. The number of aryl methyl sites for hydroxylation is 1. The average Bonchev–Trinajstić information content (AvgIpc) is 2.47. The third kappa shape index (κ3) is 4.29. The molecule has 0 aliphatic heterocycles. The summed E-state index contributed by atoms with van der Waals surface area (Å²) >= 11 is 0. The van der Waals surface area contributed by atoms with E-state index in [2.05, 4.69) is 0 Å². The number of hydrogen-bond acceptors (Lipinski definition) is 4. The van der Waals surface area contributed by atoms with Crippen molar-refractivity contribution in [2.24, 2.45) is 0 Å². The van der Waals surface area contributed by atoms with Crippen LogP contribution in [0, 0.1) is 6.92 Å². The molecule has 128 valence electrons. The minimum absolute atomic E-state index is 0.0267. The van der Waals surface area contributed by atoms with Crippen molar-refractivity contribution in [3.05, 3.63) is 29.3 Å². The maximum absolute atomic E-state index is 12.5. The van der Waals surface area contributed by atoms with Gasteiger partial charge in [0, 0.05) is 25.7 Å². The van der Waals surface area contributed by atoms with Gasteiger partial charge in [-0.1, -0.05) is 19.9 Å². The lowest BCUT2D eigenvalue weighted by atomic mass is 10.1. The number of hydrogen-bond donors (Lipinski definition) is 1. The Labute approximate surface area is 136 Å². The number of rotatable bonds is 7. The van der Waals surface area contributed by atoms with Gasteiger partial charge in [-0.15, -0.1) is 0 Å². The van der Waals surface area contributed by atoms with Gasteiger partial charge in [-0.2, -0.15) is 4.31 Å². The molecule has 1 rings (SSSR count). The Morgan fingerprint density at radius 2 is 1.74 bits per heavy atom. The van der Waals surface area contributed by atoms with E-state index in [1.54, 1.807) is 26.8 Å². The second-order valence-electron chi connectivity index (χ2n) is 5.12. The molecular formula is C15H22N2O5S. The van der Waals surface area contributed by atoms with E-state index in [9.17, 15) is 18.0 Å². The van der Waals surface area contributed by atoms with Crippen molar-refractivity contribution in [3.63, 3.8) is 0 Å². The van der Waals surface area contributed by atoms with Gasteiger partial charge in [-0.25, -0.2) is 8.42 Å². The molecule has 0 heterocycles. The highest BCUT2D eigenvalue weighted by Crippen LogP contribution is 2.20. The van der Waals surface area contributed by atoms with E-state index in [0.29, 0.717) is 18.7 Å². The van der Waals surface area contributed by atoms with Crippen LogP contribution < -0.4 is 0 Å². The molecule has 1 amide bonds. The molecule has 1 N–H and O–H groups in total. The van der Waals surface area contributed by atoms with Crippen molar-refractivity contribution in [2.75, 3.05) is 26.7 Å². The maximum atomic E-state index is 12.5. The number of carboxylic acids is 1. The fraction of sp³-hybridized carbons (Fsp3) is 0.467. The second kappa shape index (κ2) is 7.56. The maximum Gasteiger partial charge on any atom is 0.323 e. The van der Waals surface area contributed by atoms with Gasteiger partial charge in [0.05, 0.1) is 4.90 Å². The van der Waals surface area contributed by atoms with Gasteiger partial charge in [0.1, 0.15) is 6.54 Å². The molecule has 0 aliphatic rings. The number of amides is 1. The van der Waals surface area contributed by atoms with Crippen LogP contribution in [0.25, 0.3) is 0 Å². The monoisotopic (exact) mass is 342 g/mol. The summed E-state index contributed by atoms with van der Waals surface area (Å²) in [5, 5.41) is 8.77. The van der Waals surface area contributed by atoms with Gasteiger partial charge in [-0.3, -0.25) is 9.59 Å². The molecule has 8 heteroatoms. The molecular weight excluding hydrogens is 320 g/mol. The molecule has 0 saturated heterocycles. The number of benzene rings is 1. The van der Waals surface area contributed by atoms with Crippen LogP contribution >= 0.6 is 0 Å². The highest BCUT2D eigenvalue weighted by Gasteiger charge is 2.24. The lowest BCUT2D eigenvalue weighted by Crippen LogP contribution is -2.33. The zero-order chi connectivity index (χ0) is 17.8. The van der Waals surface area contributed by atoms with Crippen molar-refractivity contribution in [1.29, 1.82) is 0 Å². The Morgan fingerprint density at radius 3 is 2.22 bits per heavy atom. The standard InChI is InChI=1S/C15H22N2O5S/c1-5-17(6-2)23(21,22)12-8-7-11(3)13(9-12)15(20)16(4)10-14(18)19/h7-9H,5-6,10H2,1-4H3,(H,18,19). The first-order chi connectivity index (χ1) is 10.6. The van der Waals surface area contributed by atoms with Crippen molar-refractivity contribution in [2.45, 2.75) is 25.7 Å². The minimum atomic E-state index is -3.68. The zero-order valence-corrected chi connectivity index (χ0v) is 14.6. The molecule has 23 heavy (non-hydrogen) atoms. The van der Waals surface area contributed by atoms with E-state index in [4.69, 9.17) is 5.11 Å². The summed E-state index contributed by atoms with van der Waals surface area (Å²) in [6.45, 7) is 5.36. The molecule has 0 aromatic heterocycles. The summed E-state index contributed by atoms with van der Waals surface area (Å²) in [7, 11) is -2.31. The quantitative estimate of drug-likeness (QED) is 0.803. The van der Waals surface area contributed by atoms with Crippen LogP contribution in [0.1, 0.15) is 29.8 Å². The van der Waals surface area contributed by atoms with E-state index in [0.717, 1.165) is 4.90 Å². The molecule has 0 unspecified atom stereocenters. The normalized spacial score (nSPS) is 11.5. The predicted octanol–water partition coefficient (Wildman–Crippen LogP) is 1.18. The van der Waals surface area contributed by atoms with Gasteiger partial charge in [0.15, 0.2) is 0 Å². The number of carbonyl (C=O) groups is 2. The van der Waals surface area contributed by atoms with Crippen molar-refractivity contribution in [3.8, 4) is 0 Å². The van der Waals surface area contributed by atoms with Gasteiger partial charge in [-0.05, 0) is 24.6 Å². The number of carboxylic acid groups (broad SMARTS) is 1. The van der Waals surface area contributed by atoms with Crippen LogP contribution in [0.5, 0.6) is 0 Å². The van der Waals surface area contributed by atoms with Crippen molar-refractivity contribution in [1.82, 2.24) is 9.21 Å². The zero-order valence-electron chi connectivity index (χ0n) is 13.7. The highest BCUT2D eigenvalue weighted by atomic mass is 32.2. The van der Waals surface area contributed by atoms with Gasteiger partial charge >= 0.3 is 5.97 Å². The van der Waals surface area contributed by atoms with Gasteiger partial charge in [0.25, 0.3) is 5.91 Å². The molecule has 0 spiro atoms. The molecule has 0 saturated carbocycles. The molecule has 0 radical (unpaired) electrons. The Balaban J connectivity index is 3.28. The van der Waals surface area contributed by atoms with Crippen LogP contribution in [0.4, 0.5) is 0 Å². The summed E-state index contributed by atoms with van der Waals surface area (Å²) in [5.74, 6) is -1.66. The Hall–Kier alpha value is -1.93. The summed E-state index contributed by atoms with van der Waals surface area (Å²) in [6.07, 6.45) is 0. The van der Waals surface area contributed by atoms with Crippen LogP contribution in [-0.4, -0.2) is 61.3 Å². The first-order valence-corrected chi connectivity index (χ1v) is 8.67. The average molecular weight is 342 g/mol. The Kier molecular flexibility index (Phi) is 6.28. The number of nitrogens with zero attached hydrogens (tertiary/aromatic N) is 2. The third-order valence-corrected chi connectivity index (χ3v) is 5.55. The van der Waals surface area contributed by atoms with E-state index >= 15 is 0 Å². The number of aliphatic carboxylic acids is 1. The first-order valence-electron chi connectivity index (χ1n) is 7.23. The fourth-order valence-corrected chi connectivity index (χ4v) is 3.67. The largest absolute Gasteiger partial charge is 0.480 e.